The first-order chi connectivity index (χ1) is 12.0. The van der Waals surface area contributed by atoms with Crippen molar-refractivity contribution in [2.75, 3.05) is 38.8 Å². The van der Waals surface area contributed by atoms with Gasteiger partial charge < -0.3 is 18.9 Å². The lowest BCUT2D eigenvalue weighted by Gasteiger charge is -2.23. The summed E-state index contributed by atoms with van der Waals surface area (Å²) in [6.07, 6.45) is 0. The molecule has 0 aromatic heterocycles. The Morgan fingerprint density at radius 2 is 1.68 bits per heavy atom. The lowest BCUT2D eigenvalue weighted by Crippen LogP contribution is -2.27. The van der Waals surface area contributed by atoms with E-state index in [1.165, 1.54) is 33.4 Å². The van der Waals surface area contributed by atoms with Gasteiger partial charge in [-0.25, -0.2) is 8.42 Å². The predicted octanol–water partition coefficient (Wildman–Crippen LogP) is 2.30. The van der Waals surface area contributed by atoms with Gasteiger partial charge in [0, 0.05) is 19.2 Å². The summed E-state index contributed by atoms with van der Waals surface area (Å²) in [6, 6.07) is 9.52. The van der Waals surface area contributed by atoms with Gasteiger partial charge in [-0.3, -0.25) is 4.31 Å². The van der Waals surface area contributed by atoms with E-state index < -0.39 is 10.0 Å². The van der Waals surface area contributed by atoms with E-state index in [-0.39, 0.29) is 4.90 Å². The van der Waals surface area contributed by atoms with E-state index in [1.807, 2.05) is 0 Å². The molecular formula is C17H19NO6S. The fourth-order valence-corrected chi connectivity index (χ4v) is 3.73. The van der Waals surface area contributed by atoms with E-state index in [0.717, 1.165) is 4.31 Å². The molecular weight excluding hydrogens is 346 g/mol. The molecule has 0 unspecified atom stereocenters. The highest BCUT2D eigenvalue weighted by atomic mass is 32.2. The average Bonchev–Trinajstić information content (AvgIpc) is 2.66. The maximum atomic E-state index is 13.0. The van der Waals surface area contributed by atoms with Crippen molar-refractivity contribution < 1.29 is 27.4 Å². The number of fused-ring (bicyclic) bond motifs is 1. The van der Waals surface area contributed by atoms with Crippen LogP contribution in [0.2, 0.25) is 0 Å². The van der Waals surface area contributed by atoms with Gasteiger partial charge in [-0.05, 0) is 24.3 Å². The Hall–Kier alpha value is -2.61. The molecule has 0 fully saturated rings. The van der Waals surface area contributed by atoms with Crippen molar-refractivity contribution in [1.29, 1.82) is 0 Å². The largest absolute Gasteiger partial charge is 0.497 e. The summed E-state index contributed by atoms with van der Waals surface area (Å²) < 4.78 is 48.6. The van der Waals surface area contributed by atoms with Crippen LogP contribution in [-0.2, 0) is 10.0 Å². The van der Waals surface area contributed by atoms with Gasteiger partial charge in [0.15, 0.2) is 11.5 Å². The third-order valence-corrected chi connectivity index (χ3v) is 5.66. The minimum absolute atomic E-state index is 0.101. The van der Waals surface area contributed by atoms with Gasteiger partial charge >= 0.3 is 0 Å². The van der Waals surface area contributed by atoms with Crippen LogP contribution < -0.4 is 23.3 Å². The topological polar surface area (TPSA) is 74.3 Å². The molecule has 0 amide bonds. The van der Waals surface area contributed by atoms with Gasteiger partial charge in [-0.2, -0.15) is 0 Å². The molecule has 1 aliphatic heterocycles. The van der Waals surface area contributed by atoms with Crippen LogP contribution in [0, 0.1) is 0 Å². The van der Waals surface area contributed by atoms with Crippen LogP contribution >= 0.6 is 0 Å². The molecule has 0 N–H and O–H groups in total. The molecule has 134 valence electrons. The molecule has 8 heteroatoms. The molecule has 0 aliphatic carbocycles. The lowest BCUT2D eigenvalue weighted by atomic mass is 10.3. The molecule has 7 nitrogen and oxygen atoms in total. The highest BCUT2D eigenvalue weighted by molar-refractivity contribution is 7.92. The zero-order valence-corrected chi connectivity index (χ0v) is 15.0. The van der Waals surface area contributed by atoms with Gasteiger partial charge in [0.2, 0.25) is 0 Å². The van der Waals surface area contributed by atoms with Crippen molar-refractivity contribution in [1.82, 2.24) is 0 Å². The van der Waals surface area contributed by atoms with E-state index in [4.69, 9.17) is 18.9 Å². The van der Waals surface area contributed by atoms with Gasteiger partial charge in [0.1, 0.15) is 24.7 Å². The monoisotopic (exact) mass is 365 g/mol. The first-order valence-corrected chi connectivity index (χ1v) is 9.02. The second-order valence-electron chi connectivity index (χ2n) is 5.32. The average molecular weight is 365 g/mol. The normalized spacial score (nSPS) is 13.2. The maximum absolute atomic E-state index is 13.0. The van der Waals surface area contributed by atoms with Crippen molar-refractivity contribution in [2.24, 2.45) is 0 Å². The van der Waals surface area contributed by atoms with Crippen LogP contribution in [0.1, 0.15) is 0 Å². The Bertz CT molecular complexity index is 881. The van der Waals surface area contributed by atoms with Crippen LogP contribution in [0.5, 0.6) is 23.0 Å². The quantitative estimate of drug-likeness (QED) is 0.809. The number of methoxy groups -OCH3 is 2. The number of sulfonamides is 1. The highest BCUT2D eigenvalue weighted by Gasteiger charge is 2.26. The Kier molecular flexibility index (Phi) is 4.63. The second-order valence-corrected chi connectivity index (χ2v) is 7.29. The molecule has 3 rings (SSSR count). The third-order valence-electron chi connectivity index (χ3n) is 3.90. The fraction of sp³-hybridized carbons (Fsp3) is 0.294. The van der Waals surface area contributed by atoms with Crippen LogP contribution in [0.15, 0.2) is 41.3 Å². The van der Waals surface area contributed by atoms with E-state index in [0.29, 0.717) is 41.9 Å². The molecule has 0 bridgehead atoms. The summed E-state index contributed by atoms with van der Waals surface area (Å²) >= 11 is 0. The molecule has 0 atom stereocenters. The van der Waals surface area contributed by atoms with Crippen LogP contribution in [0.4, 0.5) is 5.69 Å². The molecule has 1 heterocycles. The molecule has 2 aromatic carbocycles. The fourth-order valence-electron chi connectivity index (χ4n) is 2.51. The Labute approximate surface area is 146 Å². The minimum atomic E-state index is -3.82. The number of hydrogen-bond donors (Lipinski definition) is 0. The van der Waals surface area contributed by atoms with E-state index in [2.05, 4.69) is 0 Å². The van der Waals surface area contributed by atoms with Gasteiger partial charge in [0.25, 0.3) is 10.0 Å². The number of rotatable bonds is 5. The first kappa shape index (κ1) is 17.2. The zero-order valence-electron chi connectivity index (χ0n) is 14.2. The standard InChI is InChI=1S/C17H19NO6S/c1-18(14-10-12(21-2)4-6-15(14)22-3)25(19,20)13-5-7-16-17(11-13)24-9-8-23-16/h4-7,10-11H,8-9H2,1-3H3. The van der Waals surface area contributed by atoms with E-state index >= 15 is 0 Å². The summed E-state index contributed by atoms with van der Waals surface area (Å²) in [5.41, 5.74) is 0.372. The van der Waals surface area contributed by atoms with Crippen LogP contribution in [0.3, 0.4) is 0 Å². The first-order valence-electron chi connectivity index (χ1n) is 7.58. The van der Waals surface area contributed by atoms with Crippen molar-refractivity contribution in [2.45, 2.75) is 4.90 Å². The molecule has 0 spiro atoms. The Morgan fingerprint density at radius 3 is 2.36 bits per heavy atom. The molecule has 0 saturated carbocycles. The summed E-state index contributed by atoms with van der Waals surface area (Å²) in [5, 5.41) is 0. The number of hydrogen-bond acceptors (Lipinski definition) is 6. The lowest BCUT2D eigenvalue weighted by molar-refractivity contribution is 0.171. The van der Waals surface area contributed by atoms with Crippen molar-refractivity contribution >= 4 is 15.7 Å². The summed E-state index contributed by atoms with van der Waals surface area (Å²) in [4.78, 5) is 0.101. The minimum Gasteiger partial charge on any atom is -0.497 e. The van der Waals surface area contributed by atoms with Gasteiger partial charge in [-0.15, -0.1) is 0 Å². The highest BCUT2D eigenvalue weighted by Crippen LogP contribution is 2.37. The Morgan fingerprint density at radius 1 is 0.960 bits per heavy atom. The zero-order chi connectivity index (χ0) is 18.0. The van der Waals surface area contributed by atoms with Crippen molar-refractivity contribution in [3.8, 4) is 23.0 Å². The second kappa shape index (κ2) is 6.72. The van der Waals surface area contributed by atoms with E-state index in [9.17, 15) is 8.42 Å². The molecule has 2 aromatic rings. The van der Waals surface area contributed by atoms with E-state index in [1.54, 1.807) is 24.3 Å². The van der Waals surface area contributed by atoms with Crippen molar-refractivity contribution in [3.05, 3.63) is 36.4 Å². The number of ether oxygens (including phenoxy) is 4. The summed E-state index contributed by atoms with van der Waals surface area (Å²) in [7, 11) is 0.638. The van der Waals surface area contributed by atoms with Gasteiger partial charge in [0.05, 0.1) is 24.8 Å². The molecule has 0 radical (unpaired) electrons. The smallest absolute Gasteiger partial charge is 0.264 e. The van der Waals surface area contributed by atoms with Crippen molar-refractivity contribution in [3.63, 3.8) is 0 Å². The SMILES string of the molecule is COc1ccc(OC)c(N(C)S(=O)(=O)c2ccc3c(c2)OCCO3)c1. The number of anilines is 1. The molecule has 1 aliphatic rings. The summed E-state index contributed by atoms with van der Waals surface area (Å²) in [5.74, 6) is 1.90. The third kappa shape index (κ3) is 3.17. The number of benzene rings is 2. The molecule has 25 heavy (non-hydrogen) atoms. The Balaban J connectivity index is 2.02. The van der Waals surface area contributed by atoms with Crippen LogP contribution in [-0.4, -0.2) is 42.9 Å². The molecule has 0 saturated heterocycles. The van der Waals surface area contributed by atoms with Crippen LogP contribution in [0.25, 0.3) is 0 Å². The maximum Gasteiger partial charge on any atom is 0.264 e. The van der Waals surface area contributed by atoms with Gasteiger partial charge in [-0.1, -0.05) is 0 Å². The number of nitrogens with zero attached hydrogens (tertiary/aromatic N) is 1. The predicted molar refractivity (Wildman–Crippen MR) is 92.6 cm³/mol. The summed E-state index contributed by atoms with van der Waals surface area (Å²) in [6.45, 7) is 0.829.